The Morgan fingerprint density at radius 1 is 1.13 bits per heavy atom. The summed E-state index contributed by atoms with van der Waals surface area (Å²) in [5.41, 5.74) is -0.811. The van der Waals surface area contributed by atoms with E-state index in [4.69, 9.17) is 4.74 Å². The van der Waals surface area contributed by atoms with Gasteiger partial charge in [-0.3, -0.25) is 9.59 Å². The van der Waals surface area contributed by atoms with Crippen molar-refractivity contribution in [2.75, 3.05) is 20.8 Å². The van der Waals surface area contributed by atoms with Crippen molar-refractivity contribution in [1.82, 2.24) is 0 Å². The lowest BCUT2D eigenvalue weighted by Crippen LogP contribution is -2.27. The van der Waals surface area contributed by atoms with Crippen LogP contribution in [0.25, 0.3) is 0 Å². The number of carbonyl (C=O) groups is 2. The van der Waals surface area contributed by atoms with Crippen LogP contribution in [-0.4, -0.2) is 39.4 Å². The van der Waals surface area contributed by atoms with Crippen LogP contribution in [0.2, 0.25) is 0 Å². The molecule has 0 atom stereocenters. The summed E-state index contributed by atoms with van der Waals surface area (Å²) < 4.78 is 45.1. The van der Waals surface area contributed by atoms with Crippen LogP contribution >= 0.6 is 0 Å². The molecule has 0 amide bonds. The number of methoxy groups -OCH3 is 2. The van der Waals surface area contributed by atoms with E-state index in [9.17, 15) is 23.6 Å². The van der Waals surface area contributed by atoms with E-state index in [1.165, 1.54) is 32.4 Å². The predicted molar refractivity (Wildman–Crippen MR) is 101 cm³/mol. The maximum Gasteiger partial charge on any atom is 0.387 e. The van der Waals surface area contributed by atoms with Crippen LogP contribution in [0.3, 0.4) is 0 Å². The number of benzene rings is 1. The molecule has 0 aromatic heterocycles. The largest absolute Gasteiger partial charge is 0.489 e. The Hall–Kier alpha value is -2.89. The van der Waals surface area contributed by atoms with Crippen LogP contribution < -0.4 is 9.47 Å². The first-order chi connectivity index (χ1) is 14.3. The zero-order chi connectivity index (χ0) is 22.1. The minimum absolute atomic E-state index is 0.0568. The van der Waals surface area contributed by atoms with Gasteiger partial charge in [0.15, 0.2) is 11.5 Å². The third-order valence-corrected chi connectivity index (χ3v) is 5.06. The second kappa shape index (κ2) is 10.8. The van der Waals surface area contributed by atoms with Gasteiger partial charge in [-0.25, -0.2) is 0 Å². The first-order valence-electron chi connectivity index (χ1n) is 9.60. The van der Waals surface area contributed by atoms with Crippen molar-refractivity contribution in [3.05, 3.63) is 23.8 Å². The van der Waals surface area contributed by atoms with Crippen LogP contribution in [0, 0.1) is 17.2 Å². The van der Waals surface area contributed by atoms with Gasteiger partial charge in [-0.1, -0.05) is 6.07 Å². The highest BCUT2D eigenvalue weighted by Gasteiger charge is 2.35. The first-order valence-corrected chi connectivity index (χ1v) is 9.60. The van der Waals surface area contributed by atoms with Crippen molar-refractivity contribution in [2.45, 2.75) is 50.6 Å². The molecular weight excluding hydrogens is 400 g/mol. The maximum atomic E-state index is 12.8. The Labute approximate surface area is 173 Å². The van der Waals surface area contributed by atoms with Gasteiger partial charge in [0.1, 0.15) is 0 Å². The predicted octanol–water partition coefficient (Wildman–Crippen LogP) is 3.74. The van der Waals surface area contributed by atoms with E-state index >= 15 is 0 Å². The number of halogens is 2. The van der Waals surface area contributed by atoms with Gasteiger partial charge in [0.25, 0.3) is 0 Å². The second-order valence-corrected chi connectivity index (χ2v) is 7.14. The van der Waals surface area contributed by atoms with Crippen LogP contribution in [0.1, 0.15) is 44.1 Å². The minimum Gasteiger partial charge on any atom is -0.489 e. The fraction of sp³-hybridized carbons (Fsp3) is 0.571. The van der Waals surface area contributed by atoms with Crippen LogP contribution in [-0.2, 0) is 24.5 Å². The van der Waals surface area contributed by atoms with Gasteiger partial charge in [-0.2, -0.15) is 14.0 Å². The summed E-state index contributed by atoms with van der Waals surface area (Å²) in [6, 6.07) is 6.45. The number of ether oxygens (including phenoxy) is 4. The van der Waals surface area contributed by atoms with Crippen LogP contribution in [0.4, 0.5) is 8.78 Å². The molecule has 0 radical (unpaired) electrons. The molecule has 0 N–H and O–H groups in total. The molecule has 0 spiro atoms. The summed E-state index contributed by atoms with van der Waals surface area (Å²) in [5, 5.41) is 9.99. The van der Waals surface area contributed by atoms with E-state index in [0.717, 1.165) is 12.8 Å². The van der Waals surface area contributed by atoms with Gasteiger partial charge < -0.3 is 18.9 Å². The summed E-state index contributed by atoms with van der Waals surface area (Å²) in [4.78, 5) is 23.4. The lowest BCUT2D eigenvalue weighted by molar-refractivity contribution is -0.141. The van der Waals surface area contributed by atoms with Crippen molar-refractivity contribution in [3.8, 4) is 17.6 Å². The lowest BCUT2D eigenvalue weighted by Gasteiger charge is -2.27. The van der Waals surface area contributed by atoms with Crippen molar-refractivity contribution >= 4 is 11.9 Å². The molecule has 1 aliphatic carbocycles. The highest BCUT2D eigenvalue weighted by atomic mass is 19.3. The molecule has 0 saturated heterocycles. The average molecular weight is 425 g/mol. The molecule has 164 valence electrons. The fourth-order valence-electron chi connectivity index (χ4n) is 3.03. The zero-order valence-electron chi connectivity index (χ0n) is 17.0. The highest BCUT2D eigenvalue weighted by Crippen LogP contribution is 2.40. The van der Waals surface area contributed by atoms with E-state index in [-0.39, 0.29) is 37.2 Å². The van der Waals surface area contributed by atoms with Crippen LogP contribution in [0.5, 0.6) is 11.5 Å². The number of alkyl halides is 2. The van der Waals surface area contributed by atoms with Gasteiger partial charge in [0.2, 0.25) is 0 Å². The van der Waals surface area contributed by atoms with Crippen molar-refractivity contribution < 1.29 is 37.3 Å². The minimum atomic E-state index is -3.03. The summed E-state index contributed by atoms with van der Waals surface area (Å²) >= 11 is 0. The van der Waals surface area contributed by atoms with Crippen molar-refractivity contribution in [1.29, 1.82) is 5.26 Å². The molecule has 2 rings (SSSR count). The molecule has 1 aromatic carbocycles. The zero-order valence-corrected chi connectivity index (χ0v) is 17.0. The Bertz CT molecular complexity index is 768. The molecule has 1 aliphatic rings. The number of rotatable bonds is 12. The van der Waals surface area contributed by atoms with E-state index in [2.05, 4.69) is 20.3 Å². The maximum absolute atomic E-state index is 12.8. The molecule has 0 aliphatic heterocycles. The normalized spacial score (nSPS) is 13.5. The second-order valence-electron chi connectivity index (χ2n) is 7.14. The summed E-state index contributed by atoms with van der Waals surface area (Å²) in [7, 11) is 2.48. The molecular formula is C21H25F2NO6. The van der Waals surface area contributed by atoms with E-state index in [0.29, 0.717) is 18.1 Å². The van der Waals surface area contributed by atoms with E-state index in [1.54, 1.807) is 0 Å². The van der Waals surface area contributed by atoms with Gasteiger partial charge >= 0.3 is 18.6 Å². The molecule has 0 heterocycles. The van der Waals surface area contributed by atoms with Crippen molar-refractivity contribution in [2.24, 2.45) is 5.92 Å². The third-order valence-electron chi connectivity index (χ3n) is 5.06. The molecule has 1 aromatic rings. The lowest BCUT2D eigenvalue weighted by atomic mass is 9.74. The van der Waals surface area contributed by atoms with Gasteiger partial charge in [0, 0.05) is 12.8 Å². The molecule has 9 heteroatoms. The smallest absolute Gasteiger partial charge is 0.387 e. The highest BCUT2D eigenvalue weighted by molar-refractivity contribution is 5.70. The number of esters is 2. The van der Waals surface area contributed by atoms with Crippen molar-refractivity contribution in [3.63, 3.8) is 0 Å². The Morgan fingerprint density at radius 3 is 2.20 bits per heavy atom. The van der Waals surface area contributed by atoms with Gasteiger partial charge in [0.05, 0.1) is 32.3 Å². The van der Waals surface area contributed by atoms with Crippen LogP contribution in [0.15, 0.2) is 18.2 Å². The van der Waals surface area contributed by atoms with E-state index < -0.39 is 24.0 Å². The first kappa shape index (κ1) is 23.4. The summed E-state index contributed by atoms with van der Waals surface area (Å²) in [6.45, 7) is -2.68. The molecule has 0 unspecified atom stereocenters. The van der Waals surface area contributed by atoms with E-state index in [1.807, 2.05) is 0 Å². The summed E-state index contributed by atoms with van der Waals surface area (Å²) in [5.74, 6) is -0.684. The Morgan fingerprint density at radius 2 is 1.73 bits per heavy atom. The Kier molecular flexibility index (Phi) is 8.39. The molecule has 30 heavy (non-hydrogen) atoms. The topological polar surface area (TPSA) is 94.9 Å². The third kappa shape index (κ3) is 6.58. The molecule has 7 nitrogen and oxygen atoms in total. The standard InChI is InChI=1S/C21H25F2NO6/c1-27-18(25)7-9-21(13-24,10-8-19(26)28-2)15-5-6-16(30-20(22)23)17(11-15)29-12-14-3-4-14/h5-6,11,14,20H,3-4,7-10,12H2,1-2H3. The fourth-order valence-corrected chi connectivity index (χ4v) is 3.03. The average Bonchev–Trinajstić information content (AvgIpc) is 3.57. The SMILES string of the molecule is COC(=O)CCC(C#N)(CCC(=O)OC)c1ccc(OC(F)F)c(OCC2CC2)c1. The Balaban J connectivity index is 2.37. The molecule has 1 saturated carbocycles. The number of nitriles is 1. The quantitative estimate of drug-likeness (QED) is 0.471. The number of hydrogen-bond acceptors (Lipinski definition) is 7. The molecule has 0 bridgehead atoms. The number of hydrogen-bond donors (Lipinski definition) is 0. The van der Waals surface area contributed by atoms with Gasteiger partial charge in [-0.15, -0.1) is 0 Å². The molecule has 1 fully saturated rings. The summed E-state index contributed by atoms with van der Waals surface area (Å²) in [6.07, 6.45) is 2.04. The number of nitrogens with zero attached hydrogens (tertiary/aromatic N) is 1. The number of carbonyl (C=O) groups excluding carboxylic acids is 2. The monoisotopic (exact) mass is 425 g/mol. The van der Waals surface area contributed by atoms with Gasteiger partial charge in [-0.05, 0) is 49.3 Å².